The van der Waals surface area contributed by atoms with Gasteiger partial charge in [0.1, 0.15) is 18.3 Å². The first-order valence-corrected chi connectivity index (χ1v) is 25.0. The number of carbonyl (C=O) groups excluding carboxylic acids is 1. The zero-order valence-corrected chi connectivity index (χ0v) is 39.8. The molecule has 7 aliphatic rings. The molecule has 5 aliphatic carbocycles. The fourth-order valence-electron chi connectivity index (χ4n) is 16.4. The number of aromatic nitrogens is 2. The van der Waals surface area contributed by atoms with Crippen LogP contribution >= 0.6 is 0 Å². The third kappa shape index (κ3) is 7.56. The Labute approximate surface area is 389 Å². The first-order chi connectivity index (χ1) is 31.2. The van der Waals surface area contributed by atoms with E-state index in [1.807, 2.05) is 6.92 Å². The zero-order chi connectivity index (χ0) is 47.8. The standard InChI is InChI=1S/C50H80N4O12/c1-45(24-56)14-16-50(44(63)64)17-15-47(3)30(32(50)21-45)10-11-36-48(47,4)13-12-35-46(2,25-57)41(66-43-40(61)39(60)34(58)23-65-43)38(59)31(49(35,36)5)20-29-27(9-7-19-55)42(62)54-37(29)28(8-6-18-51)33-22-52-26-53-33/h10,22,26-29,31-32,34-41,43,55-61H,6-9,11-21,23-25,51H2,1-5H3,(H,52,53)(H,54,62)(H,63,64). The second kappa shape index (κ2) is 18.3. The van der Waals surface area contributed by atoms with Gasteiger partial charge < -0.3 is 66.4 Å². The van der Waals surface area contributed by atoms with Gasteiger partial charge in [0, 0.05) is 48.4 Å². The van der Waals surface area contributed by atoms with Crippen LogP contribution in [0.15, 0.2) is 24.2 Å². The number of imidazole rings is 1. The number of carbonyl (C=O) groups is 2. The molecule has 0 aromatic carbocycles. The number of aromatic amines is 1. The van der Waals surface area contributed by atoms with Gasteiger partial charge in [0.15, 0.2) is 6.29 Å². The molecule has 0 spiro atoms. The normalized spacial score (nSPS) is 48.3. The maximum atomic E-state index is 14.3. The van der Waals surface area contributed by atoms with Gasteiger partial charge in [-0.3, -0.25) is 9.59 Å². The van der Waals surface area contributed by atoms with Gasteiger partial charge in [0.05, 0.1) is 37.2 Å². The van der Waals surface area contributed by atoms with Crippen LogP contribution in [0.3, 0.4) is 0 Å². The molecule has 12 N–H and O–H groups in total. The minimum absolute atomic E-state index is 0.0138. The van der Waals surface area contributed by atoms with E-state index in [1.165, 1.54) is 5.57 Å². The molecule has 20 unspecified atom stereocenters. The van der Waals surface area contributed by atoms with Crippen molar-refractivity contribution in [1.29, 1.82) is 0 Å². The average molecular weight is 929 g/mol. The maximum absolute atomic E-state index is 14.3. The number of aliphatic hydroxyl groups excluding tert-OH is 7. The van der Waals surface area contributed by atoms with Crippen LogP contribution in [-0.4, -0.2) is 139 Å². The molecule has 16 heteroatoms. The lowest BCUT2D eigenvalue weighted by atomic mass is 9.31. The van der Waals surface area contributed by atoms with Crippen molar-refractivity contribution in [3.8, 4) is 0 Å². The smallest absolute Gasteiger partial charge is 0.310 e. The number of carboxylic acid groups (broad SMARTS) is 1. The van der Waals surface area contributed by atoms with E-state index in [-0.39, 0.29) is 68.0 Å². The van der Waals surface area contributed by atoms with Gasteiger partial charge in [-0.05, 0) is 141 Å². The Bertz CT molecular complexity index is 1940. The van der Waals surface area contributed by atoms with Crippen molar-refractivity contribution in [2.75, 3.05) is 33.0 Å². The van der Waals surface area contributed by atoms with Crippen molar-refractivity contribution in [3.05, 3.63) is 29.9 Å². The minimum atomic E-state index is -1.63. The molecule has 66 heavy (non-hydrogen) atoms. The largest absolute Gasteiger partial charge is 0.481 e. The molecule has 2 saturated heterocycles. The number of H-pyrrole nitrogens is 1. The molecule has 0 bridgehead atoms. The molecule has 0 radical (unpaired) electrons. The SMILES string of the molecule is CC1(CO)CCC2(C(=O)O)CCC3(C)C(=CCC4C5(C)C(CC6C(CCCO)C(=O)NC6C(CCCN)c6cnc[nH]6)C(O)C(OC6OCC(O)C(O)C6O)C(C)(CO)C5CCC43C)C2C1. The van der Waals surface area contributed by atoms with E-state index in [4.69, 9.17) is 15.2 Å². The van der Waals surface area contributed by atoms with Crippen LogP contribution in [-0.2, 0) is 19.1 Å². The van der Waals surface area contributed by atoms with Gasteiger partial charge >= 0.3 is 5.97 Å². The Hall–Kier alpha value is -2.51. The molecule has 1 amide bonds. The molecule has 16 nitrogen and oxygen atoms in total. The van der Waals surface area contributed by atoms with Crippen molar-refractivity contribution >= 4 is 11.9 Å². The molecule has 1 aromatic rings. The van der Waals surface area contributed by atoms with Crippen LogP contribution in [0.1, 0.15) is 130 Å². The molecule has 2 aliphatic heterocycles. The number of allylic oxidation sites excluding steroid dienone is 2. The van der Waals surface area contributed by atoms with E-state index in [1.54, 1.807) is 12.5 Å². The third-order valence-corrected chi connectivity index (χ3v) is 20.4. The van der Waals surface area contributed by atoms with E-state index in [2.05, 4.69) is 49.1 Å². The fourth-order valence-corrected chi connectivity index (χ4v) is 16.4. The molecular weight excluding hydrogens is 849 g/mol. The Morgan fingerprint density at radius 2 is 1.71 bits per heavy atom. The number of ether oxygens (including phenoxy) is 2. The second-order valence-corrected chi connectivity index (χ2v) is 23.4. The molecule has 8 rings (SSSR count). The zero-order valence-electron chi connectivity index (χ0n) is 39.8. The first kappa shape index (κ1) is 49.9. The number of nitrogens with two attached hydrogens (primary N) is 1. The van der Waals surface area contributed by atoms with Crippen LogP contribution < -0.4 is 11.1 Å². The highest BCUT2D eigenvalue weighted by Gasteiger charge is 2.74. The highest BCUT2D eigenvalue weighted by atomic mass is 16.7. The summed E-state index contributed by atoms with van der Waals surface area (Å²) < 4.78 is 12.5. The fraction of sp³-hybridized carbons (Fsp3) is 0.860. The monoisotopic (exact) mass is 929 g/mol. The van der Waals surface area contributed by atoms with E-state index in [0.29, 0.717) is 83.6 Å². The predicted octanol–water partition coefficient (Wildman–Crippen LogP) is 2.98. The summed E-state index contributed by atoms with van der Waals surface area (Å²) in [6.45, 7) is 10.6. The highest BCUT2D eigenvalue weighted by molar-refractivity contribution is 5.82. The summed E-state index contributed by atoms with van der Waals surface area (Å²) in [5.41, 5.74) is 4.17. The number of aliphatic hydroxyl groups is 7. The summed E-state index contributed by atoms with van der Waals surface area (Å²) in [6, 6.07) is -0.381. The van der Waals surface area contributed by atoms with E-state index in [0.717, 1.165) is 12.1 Å². The van der Waals surface area contributed by atoms with Crippen molar-refractivity contribution in [3.63, 3.8) is 0 Å². The van der Waals surface area contributed by atoms with E-state index >= 15 is 0 Å². The third-order valence-electron chi connectivity index (χ3n) is 20.4. The average Bonchev–Trinajstić information content (AvgIpc) is 3.94. The molecule has 6 fully saturated rings. The quantitative estimate of drug-likeness (QED) is 0.0892. The number of rotatable bonds is 15. The lowest BCUT2D eigenvalue weighted by molar-refractivity contribution is -0.340. The number of hydrogen-bond donors (Lipinski definition) is 11. The number of nitrogens with one attached hydrogen (secondary N) is 2. The molecule has 20 atom stereocenters. The minimum Gasteiger partial charge on any atom is -0.481 e. The maximum Gasteiger partial charge on any atom is 0.310 e. The van der Waals surface area contributed by atoms with Gasteiger partial charge in [0.2, 0.25) is 5.91 Å². The Morgan fingerprint density at radius 3 is 2.36 bits per heavy atom. The van der Waals surface area contributed by atoms with Gasteiger partial charge in [0.25, 0.3) is 0 Å². The van der Waals surface area contributed by atoms with Crippen molar-refractivity contribution in [2.24, 2.45) is 73.7 Å². The molecular formula is C50H80N4O12. The number of aliphatic carboxylic acids is 1. The molecule has 4 saturated carbocycles. The van der Waals surface area contributed by atoms with E-state index < -0.39 is 87.1 Å². The Morgan fingerprint density at radius 1 is 0.970 bits per heavy atom. The predicted molar refractivity (Wildman–Crippen MR) is 242 cm³/mol. The summed E-state index contributed by atoms with van der Waals surface area (Å²) in [4.78, 5) is 35.4. The summed E-state index contributed by atoms with van der Waals surface area (Å²) >= 11 is 0. The van der Waals surface area contributed by atoms with Gasteiger partial charge in [-0.1, -0.05) is 46.3 Å². The lowest BCUT2D eigenvalue weighted by Gasteiger charge is -2.73. The van der Waals surface area contributed by atoms with Crippen LogP contribution in [0.5, 0.6) is 0 Å². The number of nitrogens with zero attached hydrogens (tertiary/aromatic N) is 1. The Balaban J connectivity index is 1.27. The first-order valence-electron chi connectivity index (χ1n) is 25.0. The summed E-state index contributed by atoms with van der Waals surface area (Å²) in [5, 5.41) is 92.6. The second-order valence-electron chi connectivity index (χ2n) is 23.4. The number of fused-ring (bicyclic) bond motifs is 7. The van der Waals surface area contributed by atoms with Crippen molar-refractivity contribution in [2.45, 2.75) is 167 Å². The molecule has 3 heterocycles. The molecule has 372 valence electrons. The molecule has 1 aromatic heterocycles. The van der Waals surface area contributed by atoms with Crippen LogP contribution in [0.2, 0.25) is 0 Å². The van der Waals surface area contributed by atoms with Crippen LogP contribution in [0.4, 0.5) is 0 Å². The van der Waals surface area contributed by atoms with Gasteiger partial charge in [-0.15, -0.1) is 0 Å². The van der Waals surface area contributed by atoms with Gasteiger partial charge in [-0.25, -0.2) is 4.98 Å². The summed E-state index contributed by atoms with van der Waals surface area (Å²) in [6.07, 6.45) is 4.91. The van der Waals surface area contributed by atoms with E-state index in [9.17, 15) is 50.4 Å². The van der Waals surface area contributed by atoms with Crippen molar-refractivity contribution < 1.29 is 59.9 Å². The van der Waals surface area contributed by atoms with Crippen LogP contribution in [0, 0.1) is 68.0 Å². The summed E-state index contributed by atoms with van der Waals surface area (Å²) in [5.74, 6) is -3.05. The number of amides is 1. The number of hydrogen-bond acceptors (Lipinski definition) is 13. The Kier molecular flexibility index (Phi) is 13.9. The van der Waals surface area contributed by atoms with Gasteiger partial charge in [-0.2, -0.15) is 0 Å². The summed E-state index contributed by atoms with van der Waals surface area (Å²) in [7, 11) is 0. The lowest BCUT2D eigenvalue weighted by Crippen LogP contribution is -2.72. The highest BCUT2D eigenvalue weighted by Crippen LogP contribution is 2.77. The van der Waals surface area contributed by atoms with Crippen molar-refractivity contribution in [1.82, 2.24) is 15.3 Å². The topological polar surface area (TPSA) is 281 Å². The number of carboxylic acids is 1. The van der Waals surface area contributed by atoms with Crippen LogP contribution in [0.25, 0.3) is 0 Å².